The van der Waals surface area contributed by atoms with Crippen molar-refractivity contribution >= 4 is 0 Å². The highest BCUT2D eigenvalue weighted by Crippen LogP contribution is 2.49. The van der Waals surface area contributed by atoms with Crippen LogP contribution >= 0.6 is 0 Å². The van der Waals surface area contributed by atoms with E-state index in [-0.39, 0.29) is 12.0 Å². The zero-order valence-electron chi connectivity index (χ0n) is 13.8. The topological polar surface area (TPSA) is 51.2 Å². The molecular formula is C18H23NO4. The predicted octanol–water partition coefficient (Wildman–Crippen LogP) is 1.69. The number of hydrogen-bond donors (Lipinski definition) is 1. The van der Waals surface area contributed by atoms with Crippen LogP contribution in [0.15, 0.2) is 23.8 Å². The van der Waals surface area contributed by atoms with E-state index in [9.17, 15) is 5.11 Å². The molecule has 0 saturated carbocycles. The SMILES string of the molecule is COc1cc2c(cc1OC)C1C(OC)C(O)C=C3CCN(C2)C31. The third-order valence-electron chi connectivity index (χ3n) is 5.53. The van der Waals surface area contributed by atoms with E-state index in [2.05, 4.69) is 17.0 Å². The Labute approximate surface area is 136 Å². The van der Waals surface area contributed by atoms with Gasteiger partial charge in [0.05, 0.1) is 26.4 Å². The smallest absolute Gasteiger partial charge is 0.161 e. The molecule has 0 bridgehead atoms. The zero-order chi connectivity index (χ0) is 16.1. The maximum Gasteiger partial charge on any atom is 0.161 e. The van der Waals surface area contributed by atoms with Crippen molar-refractivity contribution in [2.75, 3.05) is 27.9 Å². The minimum Gasteiger partial charge on any atom is -0.493 e. The van der Waals surface area contributed by atoms with Crippen LogP contribution in [-0.4, -0.2) is 56.1 Å². The van der Waals surface area contributed by atoms with Gasteiger partial charge in [0.15, 0.2) is 11.5 Å². The number of nitrogens with zero attached hydrogens (tertiary/aromatic N) is 1. The van der Waals surface area contributed by atoms with Gasteiger partial charge in [0.25, 0.3) is 0 Å². The Hall–Kier alpha value is -1.56. The van der Waals surface area contributed by atoms with Gasteiger partial charge in [0, 0.05) is 32.2 Å². The normalized spacial score (nSPS) is 32.1. The Kier molecular flexibility index (Phi) is 3.59. The van der Waals surface area contributed by atoms with Crippen LogP contribution in [0, 0.1) is 0 Å². The van der Waals surface area contributed by atoms with Crippen molar-refractivity contribution in [3.8, 4) is 11.5 Å². The fraction of sp³-hybridized carbons (Fsp3) is 0.556. The molecule has 1 aromatic rings. The van der Waals surface area contributed by atoms with Crippen LogP contribution in [0.1, 0.15) is 23.5 Å². The third-order valence-corrected chi connectivity index (χ3v) is 5.53. The Morgan fingerprint density at radius 1 is 1.13 bits per heavy atom. The molecule has 2 heterocycles. The van der Waals surface area contributed by atoms with Crippen LogP contribution in [0.25, 0.3) is 0 Å². The van der Waals surface area contributed by atoms with Gasteiger partial charge in [-0.25, -0.2) is 0 Å². The molecule has 4 unspecified atom stereocenters. The first kappa shape index (κ1) is 15.0. The van der Waals surface area contributed by atoms with Crippen LogP contribution in [0.2, 0.25) is 0 Å². The third kappa shape index (κ3) is 2.11. The molecule has 3 aliphatic rings. The van der Waals surface area contributed by atoms with Crippen LogP contribution in [0.3, 0.4) is 0 Å². The number of hydrogen-bond acceptors (Lipinski definition) is 5. The van der Waals surface area contributed by atoms with Gasteiger partial charge in [0.2, 0.25) is 0 Å². The molecule has 2 aliphatic heterocycles. The van der Waals surface area contributed by atoms with Crippen molar-refractivity contribution in [1.82, 2.24) is 4.90 Å². The summed E-state index contributed by atoms with van der Waals surface area (Å²) in [6.45, 7) is 1.94. The fourth-order valence-electron chi connectivity index (χ4n) is 4.55. The van der Waals surface area contributed by atoms with E-state index >= 15 is 0 Å². The van der Waals surface area contributed by atoms with Crippen molar-refractivity contribution < 1.29 is 19.3 Å². The molecule has 1 aliphatic carbocycles. The van der Waals surface area contributed by atoms with Crippen LogP contribution < -0.4 is 9.47 Å². The van der Waals surface area contributed by atoms with E-state index in [0.29, 0.717) is 6.04 Å². The van der Waals surface area contributed by atoms with E-state index in [0.717, 1.165) is 31.0 Å². The van der Waals surface area contributed by atoms with Gasteiger partial charge in [-0.1, -0.05) is 11.6 Å². The van der Waals surface area contributed by atoms with Crippen LogP contribution in [0.4, 0.5) is 0 Å². The summed E-state index contributed by atoms with van der Waals surface area (Å²) in [4.78, 5) is 2.49. The number of aliphatic hydroxyl groups is 1. The summed E-state index contributed by atoms with van der Waals surface area (Å²) in [6, 6.07) is 4.46. The van der Waals surface area contributed by atoms with Gasteiger partial charge in [-0.3, -0.25) is 4.90 Å². The Bertz CT molecular complexity index is 657. The molecule has 1 fully saturated rings. The monoisotopic (exact) mass is 317 g/mol. The quantitative estimate of drug-likeness (QED) is 0.860. The Morgan fingerprint density at radius 3 is 2.57 bits per heavy atom. The molecule has 1 N–H and O–H groups in total. The second-order valence-corrected chi connectivity index (χ2v) is 6.53. The lowest BCUT2D eigenvalue weighted by molar-refractivity contribution is -0.0304. The maximum atomic E-state index is 10.5. The average Bonchev–Trinajstić information content (AvgIpc) is 2.96. The minimum atomic E-state index is -0.560. The predicted molar refractivity (Wildman–Crippen MR) is 86.0 cm³/mol. The Balaban J connectivity index is 1.88. The molecular weight excluding hydrogens is 294 g/mol. The van der Waals surface area contributed by atoms with Gasteiger partial charge < -0.3 is 19.3 Å². The first-order valence-corrected chi connectivity index (χ1v) is 8.08. The molecule has 1 saturated heterocycles. The largest absolute Gasteiger partial charge is 0.493 e. The molecule has 4 rings (SSSR count). The maximum absolute atomic E-state index is 10.5. The van der Waals surface area contributed by atoms with Crippen molar-refractivity contribution in [2.24, 2.45) is 0 Å². The lowest BCUT2D eigenvalue weighted by Crippen LogP contribution is -2.50. The summed E-state index contributed by atoms with van der Waals surface area (Å²) in [7, 11) is 5.00. The summed E-state index contributed by atoms with van der Waals surface area (Å²) in [5.41, 5.74) is 3.79. The molecule has 124 valence electrons. The number of aliphatic hydroxyl groups excluding tert-OH is 1. The molecule has 4 atom stereocenters. The van der Waals surface area contributed by atoms with Crippen molar-refractivity contribution in [3.05, 3.63) is 34.9 Å². The average molecular weight is 317 g/mol. The summed E-state index contributed by atoms with van der Waals surface area (Å²) >= 11 is 0. The minimum absolute atomic E-state index is 0.126. The highest BCUT2D eigenvalue weighted by Gasteiger charge is 2.49. The molecule has 5 nitrogen and oxygen atoms in total. The highest BCUT2D eigenvalue weighted by molar-refractivity contribution is 5.52. The molecule has 0 amide bonds. The summed E-state index contributed by atoms with van der Waals surface area (Å²) < 4.78 is 16.6. The van der Waals surface area contributed by atoms with E-state index in [1.54, 1.807) is 21.3 Å². The molecule has 23 heavy (non-hydrogen) atoms. The highest BCUT2D eigenvalue weighted by atomic mass is 16.5. The standard InChI is InChI=1S/C18H23NO4/c1-21-14-7-11-9-19-5-4-10-6-13(20)18(23-3)16(17(10)19)12(11)8-15(14)22-2/h6-8,13,16-18,20H,4-5,9H2,1-3H3. The van der Waals surface area contributed by atoms with Crippen molar-refractivity contribution in [2.45, 2.75) is 37.1 Å². The van der Waals surface area contributed by atoms with E-state index in [4.69, 9.17) is 14.2 Å². The van der Waals surface area contributed by atoms with Crippen LogP contribution in [0.5, 0.6) is 11.5 Å². The van der Waals surface area contributed by atoms with Gasteiger partial charge in [-0.05, 0) is 29.7 Å². The lowest BCUT2D eigenvalue weighted by atomic mass is 9.73. The number of benzene rings is 1. The summed E-state index contributed by atoms with van der Waals surface area (Å²) in [6.07, 6.45) is 2.23. The Morgan fingerprint density at radius 2 is 1.87 bits per heavy atom. The first-order valence-electron chi connectivity index (χ1n) is 8.08. The number of fused-ring (bicyclic) bond motifs is 2. The first-order chi connectivity index (χ1) is 11.2. The zero-order valence-corrected chi connectivity index (χ0v) is 13.8. The molecule has 5 heteroatoms. The van der Waals surface area contributed by atoms with Crippen molar-refractivity contribution in [1.29, 1.82) is 0 Å². The van der Waals surface area contributed by atoms with Crippen LogP contribution in [-0.2, 0) is 11.3 Å². The molecule has 0 spiro atoms. The van der Waals surface area contributed by atoms with E-state index in [1.165, 1.54) is 16.7 Å². The van der Waals surface area contributed by atoms with E-state index < -0.39 is 6.10 Å². The van der Waals surface area contributed by atoms with Gasteiger partial charge >= 0.3 is 0 Å². The van der Waals surface area contributed by atoms with Gasteiger partial charge in [-0.2, -0.15) is 0 Å². The number of methoxy groups -OCH3 is 3. The van der Waals surface area contributed by atoms with Gasteiger partial charge in [-0.15, -0.1) is 0 Å². The summed E-state index contributed by atoms with van der Waals surface area (Å²) in [5.74, 6) is 1.61. The molecule has 0 aromatic heterocycles. The number of ether oxygens (including phenoxy) is 3. The van der Waals surface area contributed by atoms with E-state index in [1.807, 2.05) is 6.08 Å². The molecule has 1 aromatic carbocycles. The number of rotatable bonds is 3. The van der Waals surface area contributed by atoms with Gasteiger partial charge in [0.1, 0.15) is 0 Å². The molecule has 0 radical (unpaired) electrons. The second-order valence-electron chi connectivity index (χ2n) is 6.53. The lowest BCUT2D eigenvalue weighted by Gasteiger charge is -2.45. The summed E-state index contributed by atoms with van der Waals surface area (Å²) in [5, 5.41) is 10.5. The van der Waals surface area contributed by atoms with Crippen molar-refractivity contribution in [3.63, 3.8) is 0 Å². The fourth-order valence-corrected chi connectivity index (χ4v) is 4.55. The second kappa shape index (κ2) is 5.51.